The van der Waals surface area contributed by atoms with Gasteiger partial charge in [-0.15, -0.1) is 22.7 Å². The van der Waals surface area contributed by atoms with Crippen LogP contribution in [0.25, 0.3) is 0 Å². The van der Waals surface area contributed by atoms with Crippen LogP contribution in [0.5, 0.6) is 0 Å². The van der Waals surface area contributed by atoms with Crippen LogP contribution in [0.3, 0.4) is 0 Å². The second-order valence-corrected chi connectivity index (χ2v) is 7.39. The molecule has 98 valence electrons. The van der Waals surface area contributed by atoms with Gasteiger partial charge in [0.15, 0.2) is 5.13 Å². The summed E-state index contributed by atoms with van der Waals surface area (Å²) < 4.78 is 1.17. The lowest BCUT2D eigenvalue weighted by Crippen LogP contribution is -2.15. The van der Waals surface area contributed by atoms with Crippen LogP contribution in [0.15, 0.2) is 15.2 Å². The van der Waals surface area contributed by atoms with E-state index in [-0.39, 0.29) is 0 Å². The van der Waals surface area contributed by atoms with E-state index in [1.165, 1.54) is 14.2 Å². The monoisotopic (exact) mass is 345 g/mol. The van der Waals surface area contributed by atoms with Gasteiger partial charge in [-0.05, 0) is 39.4 Å². The van der Waals surface area contributed by atoms with Crippen molar-refractivity contribution in [3.63, 3.8) is 0 Å². The Morgan fingerprint density at radius 3 is 2.78 bits per heavy atom. The molecule has 0 aromatic carbocycles. The quantitative estimate of drug-likeness (QED) is 0.899. The Kier molecular flexibility index (Phi) is 4.77. The average Bonchev–Trinajstić information content (AvgIpc) is 2.95. The minimum absolute atomic E-state index is 0.582. The average molecular weight is 346 g/mol. The highest BCUT2D eigenvalue weighted by atomic mass is 79.9. The van der Waals surface area contributed by atoms with Gasteiger partial charge in [0.25, 0.3) is 0 Å². The third kappa shape index (κ3) is 3.12. The molecular formula is C12H16BrN3S2. The van der Waals surface area contributed by atoms with Crippen LogP contribution < -0.4 is 10.6 Å². The standard InChI is InChI=1S/C12H16BrN3S2/c1-3-9-10(5-14)18-12(15-9)16(2)6-8-4-11(13)17-7-8/h4,7H,3,5-6,14H2,1-2H3. The van der Waals surface area contributed by atoms with Crippen molar-refractivity contribution in [1.29, 1.82) is 0 Å². The Labute approximate surface area is 124 Å². The van der Waals surface area contributed by atoms with Crippen LogP contribution in [-0.4, -0.2) is 12.0 Å². The molecule has 0 saturated heterocycles. The first kappa shape index (κ1) is 14.0. The van der Waals surface area contributed by atoms with E-state index in [0.29, 0.717) is 6.54 Å². The molecule has 0 bridgehead atoms. The zero-order valence-electron chi connectivity index (χ0n) is 10.4. The van der Waals surface area contributed by atoms with Crippen molar-refractivity contribution >= 4 is 43.7 Å². The molecule has 2 aromatic heterocycles. The third-order valence-corrected chi connectivity index (χ3v) is 5.44. The summed E-state index contributed by atoms with van der Waals surface area (Å²) in [5.74, 6) is 0. The molecule has 0 aliphatic rings. The van der Waals surface area contributed by atoms with E-state index in [9.17, 15) is 0 Å². The SMILES string of the molecule is CCc1nc(N(C)Cc2csc(Br)c2)sc1CN. The third-order valence-electron chi connectivity index (χ3n) is 2.66. The molecule has 0 spiro atoms. The van der Waals surface area contributed by atoms with Gasteiger partial charge in [-0.2, -0.15) is 0 Å². The fourth-order valence-corrected chi connectivity index (χ4v) is 3.93. The number of anilines is 1. The normalized spacial score (nSPS) is 10.9. The number of halogens is 1. The first-order valence-electron chi connectivity index (χ1n) is 5.76. The zero-order chi connectivity index (χ0) is 13.1. The van der Waals surface area contributed by atoms with E-state index in [1.807, 2.05) is 0 Å². The molecule has 3 nitrogen and oxygen atoms in total. The van der Waals surface area contributed by atoms with Gasteiger partial charge in [-0.3, -0.25) is 0 Å². The summed E-state index contributed by atoms with van der Waals surface area (Å²) in [7, 11) is 2.07. The molecule has 18 heavy (non-hydrogen) atoms. The van der Waals surface area contributed by atoms with Crippen LogP contribution in [0.2, 0.25) is 0 Å². The molecule has 6 heteroatoms. The molecule has 2 rings (SSSR count). The highest BCUT2D eigenvalue weighted by Crippen LogP contribution is 2.28. The molecule has 0 unspecified atom stereocenters. The summed E-state index contributed by atoms with van der Waals surface area (Å²) in [5, 5.41) is 3.22. The van der Waals surface area contributed by atoms with Crippen molar-refractivity contribution < 1.29 is 0 Å². The largest absolute Gasteiger partial charge is 0.347 e. The Bertz CT molecular complexity index is 500. The first-order valence-corrected chi connectivity index (χ1v) is 8.25. The molecule has 0 atom stereocenters. The first-order chi connectivity index (χ1) is 8.63. The van der Waals surface area contributed by atoms with Gasteiger partial charge in [0.2, 0.25) is 0 Å². The fraction of sp³-hybridized carbons (Fsp3) is 0.417. The molecule has 2 heterocycles. The lowest BCUT2D eigenvalue weighted by Gasteiger charge is -2.14. The molecule has 0 saturated carbocycles. The molecule has 2 aromatic rings. The van der Waals surface area contributed by atoms with E-state index in [1.54, 1.807) is 22.7 Å². The zero-order valence-corrected chi connectivity index (χ0v) is 13.7. The number of aryl methyl sites for hydroxylation is 1. The number of rotatable bonds is 5. The lowest BCUT2D eigenvalue weighted by atomic mass is 10.3. The predicted octanol–water partition coefficient (Wildman–Crippen LogP) is 3.62. The van der Waals surface area contributed by atoms with Gasteiger partial charge < -0.3 is 10.6 Å². The fourth-order valence-electron chi connectivity index (χ4n) is 1.74. The highest BCUT2D eigenvalue weighted by molar-refractivity contribution is 9.11. The Balaban J connectivity index is 2.13. The van der Waals surface area contributed by atoms with Crippen LogP contribution >= 0.6 is 38.6 Å². The molecular weight excluding hydrogens is 330 g/mol. The van der Waals surface area contributed by atoms with E-state index in [4.69, 9.17) is 5.73 Å². The summed E-state index contributed by atoms with van der Waals surface area (Å²) in [6, 6.07) is 2.15. The second kappa shape index (κ2) is 6.14. The summed E-state index contributed by atoms with van der Waals surface area (Å²) in [6.07, 6.45) is 0.945. The van der Waals surface area contributed by atoms with Crippen molar-refractivity contribution in [2.24, 2.45) is 5.73 Å². The molecule has 0 aliphatic carbocycles. The van der Waals surface area contributed by atoms with E-state index < -0.39 is 0 Å². The molecule has 0 radical (unpaired) electrons. The van der Waals surface area contributed by atoms with Crippen molar-refractivity contribution in [2.45, 2.75) is 26.4 Å². The predicted molar refractivity (Wildman–Crippen MR) is 83.5 cm³/mol. The van der Waals surface area contributed by atoms with Crippen LogP contribution in [-0.2, 0) is 19.5 Å². The van der Waals surface area contributed by atoms with Gasteiger partial charge in [-0.25, -0.2) is 4.98 Å². The topological polar surface area (TPSA) is 42.2 Å². The highest BCUT2D eigenvalue weighted by Gasteiger charge is 2.12. The van der Waals surface area contributed by atoms with E-state index in [2.05, 4.69) is 51.2 Å². The molecule has 0 fully saturated rings. The smallest absolute Gasteiger partial charge is 0.185 e. The maximum Gasteiger partial charge on any atom is 0.185 e. The Morgan fingerprint density at radius 1 is 1.50 bits per heavy atom. The molecule has 0 amide bonds. The summed E-state index contributed by atoms with van der Waals surface area (Å²) in [6.45, 7) is 3.58. The van der Waals surface area contributed by atoms with Crippen molar-refractivity contribution in [3.8, 4) is 0 Å². The van der Waals surface area contributed by atoms with Crippen LogP contribution in [0.1, 0.15) is 23.1 Å². The number of nitrogens with two attached hydrogens (primary N) is 1. The van der Waals surface area contributed by atoms with E-state index in [0.717, 1.165) is 23.8 Å². The Morgan fingerprint density at radius 2 is 2.28 bits per heavy atom. The number of hydrogen-bond donors (Lipinski definition) is 1. The minimum Gasteiger partial charge on any atom is -0.347 e. The van der Waals surface area contributed by atoms with Gasteiger partial charge in [0, 0.05) is 25.0 Å². The lowest BCUT2D eigenvalue weighted by molar-refractivity contribution is 0.903. The number of nitrogens with zero attached hydrogens (tertiary/aromatic N) is 2. The summed E-state index contributed by atoms with van der Waals surface area (Å²) >= 11 is 6.90. The van der Waals surface area contributed by atoms with Crippen molar-refractivity contribution in [2.75, 3.05) is 11.9 Å². The molecule has 0 aliphatic heterocycles. The summed E-state index contributed by atoms with van der Waals surface area (Å²) in [4.78, 5) is 8.04. The Hall–Kier alpha value is -0.430. The number of thiazole rings is 1. The van der Waals surface area contributed by atoms with Gasteiger partial charge in [-0.1, -0.05) is 6.92 Å². The van der Waals surface area contributed by atoms with Gasteiger partial charge in [0.1, 0.15) is 0 Å². The number of thiophene rings is 1. The van der Waals surface area contributed by atoms with Crippen molar-refractivity contribution in [1.82, 2.24) is 4.98 Å². The van der Waals surface area contributed by atoms with Gasteiger partial charge in [0.05, 0.1) is 9.48 Å². The maximum atomic E-state index is 5.74. The van der Waals surface area contributed by atoms with Crippen LogP contribution in [0.4, 0.5) is 5.13 Å². The summed E-state index contributed by atoms with van der Waals surface area (Å²) in [5.41, 5.74) is 8.18. The second-order valence-electron chi connectivity index (χ2n) is 4.04. The molecule has 2 N–H and O–H groups in total. The number of hydrogen-bond acceptors (Lipinski definition) is 5. The van der Waals surface area contributed by atoms with Crippen LogP contribution in [0, 0.1) is 0 Å². The maximum absolute atomic E-state index is 5.74. The number of aromatic nitrogens is 1. The van der Waals surface area contributed by atoms with Crippen molar-refractivity contribution in [3.05, 3.63) is 31.4 Å². The minimum atomic E-state index is 0.582. The van der Waals surface area contributed by atoms with E-state index >= 15 is 0 Å². The van der Waals surface area contributed by atoms with Gasteiger partial charge >= 0.3 is 0 Å².